The van der Waals surface area contributed by atoms with E-state index >= 15 is 0 Å². The highest BCUT2D eigenvalue weighted by molar-refractivity contribution is 5.58. The van der Waals surface area contributed by atoms with Crippen molar-refractivity contribution in [2.24, 2.45) is 0 Å². The zero-order chi connectivity index (χ0) is 13.0. The normalized spacial score (nSPS) is 9.28. The van der Waals surface area contributed by atoms with E-state index in [-0.39, 0.29) is 0 Å². The summed E-state index contributed by atoms with van der Waals surface area (Å²) in [5.74, 6) is 1.09. The van der Waals surface area contributed by atoms with Gasteiger partial charge in [0.25, 0.3) is 0 Å². The van der Waals surface area contributed by atoms with Crippen LogP contribution in [-0.2, 0) is 0 Å². The molecule has 1 aromatic heterocycles. The number of hydrogen-bond donors (Lipinski definition) is 1. The zero-order valence-electron chi connectivity index (χ0n) is 9.68. The lowest BCUT2D eigenvalue weighted by Gasteiger charge is -2.06. The fraction of sp³-hybridized carbons (Fsp3) is 0.0769. The Morgan fingerprint density at radius 3 is 2.39 bits per heavy atom. The van der Waals surface area contributed by atoms with Gasteiger partial charge in [-0.2, -0.15) is 10.5 Å². The van der Waals surface area contributed by atoms with Gasteiger partial charge in [0.1, 0.15) is 23.4 Å². The van der Waals surface area contributed by atoms with E-state index in [1.54, 1.807) is 37.3 Å². The number of hydrogen-bond acceptors (Lipinski definition) is 5. The molecule has 0 bridgehead atoms. The fourth-order valence-electron chi connectivity index (χ4n) is 1.46. The molecule has 5 heteroatoms. The quantitative estimate of drug-likeness (QED) is 0.862. The third kappa shape index (κ3) is 2.60. The molecule has 5 nitrogen and oxygen atoms in total. The fourth-order valence-corrected chi connectivity index (χ4v) is 1.46. The third-order valence-electron chi connectivity index (χ3n) is 2.24. The molecule has 0 radical (unpaired) electrons. The van der Waals surface area contributed by atoms with Crippen LogP contribution in [0, 0.1) is 29.6 Å². The van der Waals surface area contributed by atoms with E-state index in [0.717, 1.165) is 5.69 Å². The minimum atomic E-state index is 0.318. The molecule has 0 aliphatic rings. The first kappa shape index (κ1) is 11.6. The molecule has 1 N–H and O–H groups in total. The molecule has 0 saturated carbocycles. The van der Waals surface area contributed by atoms with Gasteiger partial charge in [0.05, 0.1) is 11.6 Å². The average molecular weight is 235 g/mol. The maximum Gasteiger partial charge on any atom is 0.146 e. The predicted molar refractivity (Wildman–Crippen MR) is 65.9 cm³/mol. The number of aromatic nitrogens is 2. The molecular weight excluding hydrogens is 226 g/mol. The number of rotatable bonds is 2. The molecule has 1 heterocycles. The Bertz CT molecular complexity index is 647. The highest BCUT2D eigenvalue weighted by atomic mass is 15.0. The number of aryl methyl sites for hydroxylation is 1. The predicted octanol–water partition coefficient (Wildman–Crippen LogP) is 2.27. The molecule has 0 unspecified atom stereocenters. The molecule has 1 aromatic carbocycles. The Balaban J connectivity index is 2.26. The highest BCUT2D eigenvalue weighted by Gasteiger charge is 2.01. The Morgan fingerprint density at radius 2 is 1.78 bits per heavy atom. The number of nitrogens with zero attached hydrogens (tertiary/aromatic N) is 4. The maximum absolute atomic E-state index is 8.82. The molecule has 0 atom stereocenters. The van der Waals surface area contributed by atoms with Crippen molar-refractivity contribution in [3.05, 3.63) is 47.4 Å². The highest BCUT2D eigenvalue weighted by Crippen LogP contribution is 2.15. The van der Waals surface area contributed by atoms with E-state index in [1.807, 2.05) is 12.1 Å². The number of nitrogens with one attached hydrogen (secondary N) is 1. The minimum absolute atomic E-state index is 0.318. The maximum atomic E-state index is 8.82. The second-order valence-corrected chi connectivity index (χ2v) is 3.61. The molecule has 2 aromatic rings. The van der Waals surface area contributed by atoms with Crippen molar-refractivity contribution in [3.63, 3.8) is 0 Å². The summed E-state index contributed by atoms with van der Waals surface area (Å²) in [6.45, 7) is 1.73. The van der Waals surface area contributed by atoms with Gasteiger partial charge in [-0.25, -0.2) is 9.97 Å². The molecule has 86 valence electrons. The summed E-state index contributed by atoms with van der Waals surface area (Å²) >= 11 is 0. The first-order valence-electron chi connectivity index (χ1n) is 5.24. The topological polar surface area (TPSA) is 85.4 Å². The van der Waals surface area contributed by atoms with Crippen LogP contribution < -0.4 is 5.32 Å². The van der Waals surface area contributed by atoms with Crippen LogP contribution in [0.15, 0.2) is 30.3 Å². The van der Waals surface area contributed by atoms with Crippen LogP contribution in [0.1, 0.15) is 17.1 Å². The van der Waals surface area contributed by atoms with Gasteiger partial charge in [-0.05, 0) is 31.2 Å². The summed E-state index contributed by atoms with van der Waals surface area (Å²) in [4.78, 5) is 8.15. The Morgan fingerprint density at radius 1 is 1.06 bits per heavy atom. The Kier molecular flexibility index (Phi) is 3.17. The summed E-state index contributed by atoms with van der Waals surface area (Å²) in [7, 11) is 0. The van der Waals surface area contributed by atoms with Crippen molar-refractivity contribution in [1.82, 2.24) is 9.97 Å². The van der Waals surface area contributed by atoms with Gasteiger partial charge in [0.15, 0.2) is 0 Å². The monoisotopic (exact) mass is 235 g/mol. The number of anilines is 2. The van der Waals surface area contributed by atoms with Gasteiger partial charge in [0.2, 0.25) is 0 Å². The second-order valence-electron chi connectivity index (χ2n) is 3.61. The van der Waals surface area contributed by atoms with E-state index in [4.69, 9.17) is 10.5 Å². The number of benzene rings is 1. The largest absolute Gasteiger partial charge is 0.340 e. The van der Waals surface area contributed by atoms with Crippen LogP contribution >= 0.6 is 0 Å². The summed E-state index contributed by atoms with van der Waals surface area (Å²) in [5, 5.41) is 20.6. The van der Waals surface area contributed by atoms with E-state index in [9.17, 15) is 0 Å². The Hall–Kier alpha value is -2.92. The van der Waals surface area contributed by atoms with Gasteiger partial charge in [-0.1, -0.05) is 0 Å². The summed E-state index contributed by atoms with van der Waals surface area (Å²) < 4.78 is 0. The van der Waals surface area contributed by atoms with E-state index in [2.05, 4.69) is 15.3 Å². The minimum Gasteiger partial charge on any atom is -0.340 e. The van der Waals surface area contributed by atoms with Gasteiger partial charge in [-0.15, -0.1) is 0 Å². The number of nitriles is 2. The molecule has 0 aliphatic heterocycles. The molecule has 0 amide bonds. The van der Waals surface area contributed by atoms with Crippen molar-refractivity contribution in [2.75, 3.05) is 5.32 Å². The van der Waals surface area contributed by atoms with Crippen LogP contribution in [0.3, 0.4) is 0 Å². The van der Waals surface area contributed by atoms with Crippen LogP contribution in [0.5, 0.6) is 0 Å². The van der Waals surface area contributed by atoms with Gasteiger partial charge in [-0.3, -0.25) is 0 Å². The van der Waals surface area contributed by atoms with Crippen LogP contribution in [0.25, 0.3) is 0 Å². The standard InChI is InChI=1S/C13H9N5/c1-9-16-12(8-15)6-13(17-9)18-11-4-2-10(7-14)3-5-11/h2-6H,1H3,(H,16,17,18). The van der Waals surface area contributed by atoms with Gasteiger partial charge < -0.3 is 5.32 Å². The first-order valence-corrected chi connectivity index (χ1v) is 5.24. The van der Waals surface area contributed by atoms with Crippen molar-refractivity contribution in [2.45, 2.75) is 6.92 Å². The van der Waals surface area contributed by atoms with E-state index < -0.39 is 0 Å². The summed E-state index contributed by atoms with van der Waals surface area (Å²) in [6.07, 6.45) is 0. The third-order valence-corrected chi connectivity index (χ3v) is 2.24. The zero-order valence-corrected chi connectivity index (χ0v) is 9.68. The lowest BCUT2D eigenvalue weighted by Crippen LogP contribution is -1.99. The Labute approximate surface area is 104 Å². The second kappa shape index (κ2) is 4.94. The van der Waals surface area contributed by atoms with Crippen LogP contribution in [0.4, 0.5) is 11.5 Å². The molecule has 0 fully saturated rings. The summed E-state index contributed by atoms with van der Waals surface area (Å²) in [5.41, 5.74) is 1.71. The molecule has 0 saturated heterocycles. The van der Waals surface area contributed by atoms with Crippen molar-refractivity contribution in [3.8, 4) is 12.1 Å². The summed E-state index contributed by atoms with van der Waals surface area (Å²) in [6, 6.07) is 12.6. The molecule has 0 aliphatic carbocycles. The van der Waals surface area contributed by atoms with Crippen LogP contribution in [-0.4, -0.2) is 9.97 Å². The van der Waals surface area contributed by atoms with E-state index in [0.29, 0.717) is 22.9 Å². The van der Waals surface area contributed by atoms with Crippen molar-refractivity contribution >= 4 is 11.5 Å². The average Bonchev–Trinajstić information content (AvgIpc) is 2.39. The van der Waals surface area contributed by atoms with Crippen molar-refractivity contribution < 1.29 is 0 Å². The lowest BCUT2D eigenvalue weighted by molar-refractivity contribution is 1.04. The SMILES string of the molecule is Cc1nc(C#N)cc(Nc2ccc(C#N)cc2)n1. The van der Waals surface area contributed by atoms with Gasteiger partial charge >= 0.3 is 0 Å². The molecule has 18 heavy (non-hydrogen) atoms. The van der Waals surface area contributed by atoms with Gasteiger partial charge in [0, 0.05) is 11.8 Å². The smallest absolute Gasteiger partial charge is 0.146 e. The van der Waals surface area contributed by atoms with Crippen molar-refractivity contribution in [1.29, 1.82) is 10.5 Å². The molecule has 0 spiro atoms. The molecule has 2 rings (SSSR count). The van der Waals surface area contributed by atoms with Crippen LogP contribution in [0.2, 0.25) is 0 Å². The van der Waals surface area contributed by atoms with E-state index in [1.165, 1.54) is 0 Å². The molecular formula is C13H9N5. The first-order chi connectivity index (χ1) is 8.71. The lowest BCUT2D eigenvalue weighted by atomic mass is 10.2.